The molecule has 1 N–H and O–H groups in total. The Morgan fingerprint density at radius 2 is 1.88 bits per heavy atom. The molecular formula is C15H24O. The Morgan fingerprint density at radius 1 is 1.19 bits per heavy atom. The third-order valence-electron chi connectivity index (χ3n) is 3.39. The summed E-state index contributed by atoms with van der Waals surface area (Å²) >= 11 is 0. The predicted octanol–water partition coefficient (Wildman–Crippen LogP) is 3.66. The highest BCUT2D eigenvalue weighted by molar-refractivity contribution is 5.15. The first-order valence-corrected chi connectivity index (χ1v) is 6.42. The first-order valence-electron chi connectivity index (χ1n) is 6.42. The summed E-state index contributed by atoms with van der Waals surface area (Å²) in [5.41, 5.74) is 1.34. The molecule has 1 heteroatoms. The van der Waals surface area contributed by atoms with Gasteiger partial charge >= 0.3 is 0 Å². The van der Waals surface area contributed by atoms with Gasteiger partial charge in [-0.3, -0.25) is 0 Å². The average molecular weight is 220 g/mol. The van der Waals surface area contributed by atoms with Crippen LogP contribution >= 0.6 is 0 Å². The highest BCUT2D eigenvalue weighted by Crippen LogP contribution is 2.21. The third kappa shape index (κ3) is 4.36. The lowest BCUT2D eigenvalue weighted by molar-refractivity contribution is 0.175. The maximum absolute atomic E-state index is 9.46. The van der Waals surface area contributed by atoms with Gasteiger partial charge in [-0.1, -0.05) is 63.4 Å². The zero-order chi connectivity index (χ0) is 11.8. The Kier molecular flexibility index (Phi) is 6.17. The lowest BCUT2D eigenvalue weighted by Crippen LogP contribution is -2.18. The Balaban J connectivity index is 2.48. The summed E-state index contributed by atoms with van der Waals surface area (Å²) in [5, 5.41) is 9.46. The summed E-state index contributed by atoms with van der Waals surface area (Å²) in [6.45, 7) is 4.79. The molecule has 0 aromatic heterocycles. The van der Waals surface area contributed by atoms with Crippen LogP contribution < -0.4 is 0 Å². The van der Waals surface area contributed by atoms with Gasteiger partial charge in [0.05, 0.1) is 0 Å². The second-order valence-electron chi connectivity index (χ2n) is 4.75. The van der Waals surface area contributed by atoms with Gasteiger partial charge in [-0.2, -0.15) is 0 Å². The standard InChI is InChI=1S/C15H24O/c1-3-4-8-13(2)15(12-16)11-14-9-6-5-7-10-14/h5-7,9-10,13,15-16H,3-4,8,11-12H2,1-2H3/t13-,15+/m0/s1. The second kappa shape index (κ2) is 7.45. The van der Waals surface area contributed by atoms with Crippen molar-refractivity contribution >= 4 is 0 Å². The molecule has 1 nitrogen and oxygen atoms in total. The molecule has 2 atom stereocenters. The molecule has 1 rings (SSSR count). The lowest BCUT2D eigenvalue weighted by Gasteiger charge is -2.22. The van der Waals surface area contributed by atoms with Crippen molar-refractivity contribution in [2.75, 3.05) is 6.61 Å². The smallest absolute Gasteiger partial charge is 0.0464 e. The maximum Gasteiger partial charge on any atom is 0.0464 e. The second-order valence-corrected chi connectivity index (χ2v) is 4.75. The lowest BCUT2D eigenvalue weighted by atomic mass is 9.85. The van der Waals surface area contributed by atoms with Gasteiger partial charge in [0, 0.05) is 6.61 Å². The SMILES string of the molecule is CCCC[C@H](C)[C@@H](CO)Cc1ccccc1. The zero-order valence-electron chi connectivity index (χ0n) is 10.5. The molecule has 0 aliphatic carbocycles. The molecule has 0 amide bonds. The highest BCUT2D eigenvalue weighted by atomic mass is 16.3. The molecule has 0 radical (unpaired) electrons. The summed E-state index contributed by atoms with van der Waals surface area (Å²) in [5.74, 6) is 1.03. The van der Waals surface area contributed by atoms with Crippen molar-refractivity contribution in [3.8, 4) is 0 Å². The van der Waals surface area contributed by atoms with Crippen molar-refractivity contribution in [3.63, 3.8) is 0 Å². The molecular weight excluding hydrogens is 196 g/mol. The van der Waals surface area contributed by atoms with Crippen LogP contribution in [0.3, 0.4) is 0 Å². The van der Waals surface area contributed by atoms with Crippen molar-refractivity contribution in [3.05, 3.63) is 35.9 Å². The van der Waals surface area contributed by atoms with E-state index in [1.54, 1.807) is 0 Å². The fourth-order valence-electron chi connectivity index (χ4n) is 2.12. The van der Waals surface area contributed by atoms with E-state index in [1.165, 1.54) is 24.8 Å². The van der Waals surface area contributed by atoms with Gasteiger partial charge in [0.2, 0.25) is 0 Å². The molecule has 0 aliphatic heterocycles. The van der Waals surface area contributed by atoms with Gasteiger partial charge in [0.15, 0.2) is 0 Å². The zero-order valence-corrected chi connectivity index (χ0v) is 10.5. The Labute approximate surface area is 99.5 Å². The van der Waals surface area contributed by atoms with Gasteiger partial charge < -0.3 is 5.11 Å². The average Bonchev–Trinajstić information content (AvgIpc) is 2.34. The van der Waals surface area contributed by atoms with Crippen LogP contribution in [-0.4, -0.2) is 11.7 Å². The minimum Gasteiger partial charge on any atom is -0.396 e. The number of rotatable bonds is 7. The van der Waals surface area contributed by atoms with Gasteiger partial charge in [-0.05, 0) is 23.8 Å². The molecule has 16 heavy (non-hydrogen) atoms. The maximum atomic E-state index is 9.46. The van der Waals surface area contributed by atoms with E-state index in [0.717, 1.165) is 6.42 Å². The fraction of sp³-hybridized carbons (Fsp3) is 0.600. The van der Waals surface area contributed by atoms with Crippen LogP contribution in [0.15, 0.2) is 30.3 Å². The number of hydrogen-bond acceptors (Lipinski definition) is 1. The van der Waals surface area contributed by atoms with Crippen LogP contribution in [-0.2, 0) is 6.42 Å². The van der Waals surface area contributed by atoms with E-state index in [-0.39, 0.29) is 0 Å². The minimum atomic E-state index is 0.305. The van der Waals surface area contributed by atoms with Crippen molar-refractivity contribution in [2.45, 2.75) is 39.5 Å². The van der Waals surface area contributed by atoms with Crippen LogP contribution in [0.25, 0.3) is 0 Å². The molecule has 0 spiro atoms. The van der Waals surface area contributed by atoms with E-state index in [0.29, 0.717) is 18.4 Å². The van der Waals surface area contributed by atoms with Gasteiger partial charge in [-0.25, -0.2) is 0 Å². The first kappa shape index (κ1) is 13.2. The van der Waals surface area contributed by atoms with E-state index in [1.807, 2.05) is 6.07 Å². The molecule has 1 aromatic rings. The van der Waals surface area contributed by atoms with E-state index in [9.17, 15) is 5.11 Å². The summed E-state index contributed by atoms with van der Waals surface area (Å²) in [6.07, 6.45) is 4.75. The Bertz CT molecular complexity index is 268. The monoisotopic (exact) mass is 220 g/mol. The molecule has 90 valence electrons. The molecule has 1 aromatic carbocycles. The quantitative estimate of drug-likeness (QED) is 0.743. The third-order valence-corrected chi connectivity index (χ3v) is 3.39. The Morgan fingerprint density at radius 3 is 2.44 bits per heavy atom. The van der Waals surface area contributed by atoms with Crippen molar-refractivity contribution in [2.24, 2.45) is 11.8 Å². The molecule has 0 fully saturated rings. The minimum absolute atomic E-state index is 0.305. The predicted molar refractivity (Wildman–Crippen MR) is 69.4 cm³/mol. The molecule has 0 aliphatic rings. The van der Waals surface area contributed by atoms with Crippen molar-refractivity contribution < 1.29 is 5.11 Å². The number of benzene rings is 1. The van der Waals surface area contributed by atoms with E-state index >= 15 is 0 Å². The molecule has 0 saturated carbocycles. The van der Waals surface area contributed by atoms with Crippen LogP contribution in [0, 0.1) is 11.8 Å². The number of hydrogen-bond donors (Lipinski definition) is 1. The first-order chi connectivity index (χ1) is 7.77. The fourth-order valence-corrected chi connectivity index (χ4v) is 2.12. The molecule has 0 unspecified atom stereocenters. The van der Waals surface area contributed by atoms with E-state index in [2.05, 4.69) is 38.1 Å². The number of aliphatic hydroxyl groups excluding tert-OH is 1. The van der Waals surface area contributed by atoms with Crippen molar-refractivity contribution in [1.29, 1.82) is 0 Å². The van der Waals surface area contributed by atoms with Crippen LogP contribution in [0.1, 0.15) is 38.7 Å². The summed E-state index contributed by atoms with van der Waals surface area (Å²) < 4.78 is 0. The number of aliphatic hydroxyl groups is 1. The van der Waals surface area contributed by atoms with E-state index < -0.39 is 0 Å². The summed E-state index contributed by atoms with van der Waals surface area (Å²) in [7, 11) is 0. The number of unbranched alkanes of at least 4 members (excludes halogenated alkanes) is 1. The summed E-state index contributed by atoms with van der Waals surface area (Å²) in [6, 6.07) is 10.5. The van der Waals surface area contributed by atoms with Gasteiger partial charge in [0.25, 0.3) is 0 Å². The summed E-state index contributed by atoms with van der Waals surface area (Å²) in [4.78, 5) is 0. The largest absolute Gasteiger partial charge is 0.396 e. The molecule has 0 bridgehead atoms. The van der Waals surface area contributed by atoms with Gasteiger partial charge in [-0.15, -0.1) is 0 Å². The van der Waals surface area contributed by atoms with Crippen LogP contribution in [0.2, 0.25) is 0 Å². The van der Waals surface area contributed by atoms with Gasteiger partial charge in [0.1, 0.15) is 0 Å². The van der Waals surface area contributed by atoms with E-state index in [4.69, 9.17) is 0 Å². The van der Waals surface area contributed by atoms with Crippen molar-refractivity contribution in [1.82, 2.24) is 0 Å². The topological polar surface area (TPSA) is 20.2 Å². The van der Waals surface area contributed by atoms with Crippen LogP contribution in [0.4, 0.5) is 0 Å². The van der Waals surface area contributed by atoms with Crippen LogP contribution in [0.5, 0.6) is 0 Å². The highest BCUT2D eigenvalue weighted by Gasteiger charge is 2.16. The molecule has 0 heterocycles. The molecule has 0 saturated heterocycles. The normalized spacial score (nSPS) is 14.7. The Hall–Kier alpha value is -0.820.